The molecule has 1 amide bonds. The molecule has 2 aromatic carbocycles. The van der Waals surface area contributed by atoms with Crippen LogP contribution in [0.2, 0.25) is 0 Å². The van der Waals surface area contributed by atoms with E-state index in [9.17, 15) is 9.18 Å². The van der Waals surface area contributed by atoms with Gasteiger partial charge in [0.05, 0.1) is 7.11 Å². The van der Waals surface area contributed by atoms with Crippen LogP contribution in [0.1, 0.15) is 17.5 Å². The van der Waals surface area contributed by atoms with E-state index in [1.807, 2.05) is 46.7 Å². The minimum Gasteiger partial charge on any atom is -0.494 e. The molecule has 0 saturated carbocycles. The minimum atomic E-state index is -0.355. The molecule has 0 aliphatic carbocycles. The standard InChI is InChI=1S/C24H28FN5O2S/c1-17-3-6-19(7-4-17)23-26-27-24(33)30(23)10-9-22(31)29-13-11-28(12-14-29)16-18-5-8-21(32-2)20(25)15-18/h3-8,15H,9-14,16H2,1-2H3,(H,27,33). The van der Waals surface area contributed by atoms with Crippen molar-refractivity contribution in [3.05, 3.63) is 64.2 Å². The highest BCUT2D eigenvalue weighted by atomic mass is 32.1. The normalized spacial score (nSPS) is 14.5. The Hall–Kier alpha value is -3.04. The number of nitrogens with zero attached hydrogens (tertiary/aromatic N) is 4. The van der Waals surface area contributed by atoms with Crippen molar-refractivity contribution in [3.63, 3.8) is 0 Å². The number of carbonyl (C=O) groups is 1. The molecule has 0 spiro atoms. The molecule has 3 aromatic rings. The number of aromatic nitrogens is 3. The van der Waals surface area contributed by atoms with Gasteiger partial charge in [-0.05, 0) is 36.8 Å². The van der Waals surface area contributed by atoms with Gasteiger partial charge in [-0.25, -0.2) is 4.39 Å². The predicted octanol–water partition coefficient (Wildman–Crippen LogP) is 3.80. The van der Waals surface area contributed by atoms with Crippen LogP contribution in [0, 0.1) is 17.5 Å². The number of ether oxygens (including phenoxy) is 1. The molecule has 1 aliphatic heterocycles. The zero-order chi connectivity index (χ0) is 23.4. The topological polar surface area (TPSA) is 66.4 Å². The Balaban J connectivity index is 1.30. The smallest absolute Gasteiger partial charge is 0.224 e. The van der Waals surface area contributed by atoms with E-state index in [1.165, 1.54) is 18.7 Å². The van der Waals surface area contributed by atoms with Crippen LogP contribution in [0.25, 0.3) is 11.4 Å². The first-order chi connectivity index (χ1) is 15.9. The highest BCUT2D eigenvalue weighted by molar-refractivity contribution is 7.71. The fourth-order valence-corrected chi connectivity index (χ4v) is 4.26. The second kappa shape index (κ2) is 10.3. The third kappa shape index (κ3) is 5.48. The zero-order valence-electron chi connectivity index (χ0n) is 18.9. The largest absolute Gasteiger partial charge is 0.494 e. The van der Waals surface area contributed by atoms with Crippen molar-refractivity contribution in [1.82, 2.24) is 24.6 Å². The van der Waals surface area contributed by atoms with Gasteiger partial charge in [0.1, 0.15) is 0 Å². The van der Waals surface area contributed by atoms with E-state index in [2.05, 4.69) is 15.1 Å². The van der Waals surface area contributed by atoms with Crippen LogP contribution in [0.4, 0.5) is 4.39 Å². The molecule has 0 unspecified atom stereocenters. The van der Waals surface area contributed by atoms with E-state index in [1.54, 1.807) is 6.07 Å². The number of aromatic amines is 1. The number of nitrogens with one attached hydrogen (secondary N) is 1. The first-order valence-electron chi connectivity index (χ1n) is 11.0. The molecule has 2 heterocycles. The number of amides is 1. The van der Waals surface area contributed by atoms with E-state index in [4.69, 9.17) is 17.0 Å². The van der Waals surface area contributed by atoms with Gasteiger partial charge in [0.2, 0.25) is 5.91 Å². The molecule has 0 radical (unpaired) electrons. The molecule has 33 heavy (non-hydrogen) atoms. The lowest BCUT2D eigenvalue weighted by atomic mass is 10.1. The molecule has 9 heteroatoms. The lowest BCUT2D eigenvalue weighted by molar-refractivity contribution is -0.133. The number of methoxy groups -OCH3 is 1. The summed E-state index contributed by atoms with van der Waals surface area (Å²) in [5.74, 6) is 0.733. The van der Waals surface area contributed by atoms with Gasteiger partial charge in [-0.15, -0.1) is 0 Å². The summed E-state index contributed by atoms with van der Waals surface area (Å²) >= 11 is 5.39. The van der Waals surface area contributed by atoms with Gasteiger partial charge in [-0.2, -0.15) is 5.10 Å². The van der Waals surface area contributed by atoms with Crippen molar-refractivity contribution in [3.8, 4) is 17.1 Å². The molecule has 1 aliphatic rings. The predicted molar refractivity (Wildman–Crippen MR) is 127 cm³/mol. The Kier molecular flexibility index (Phi) is 7.20. The third-order valence-electron chi connectivity index (χ3n) is 5.96. The summed E-state index contributed by atoms with van der Waals surface area (Å²) in [6.45, 7) is 5.96. The molecule has 1 fully saturated rings. The summed E-state index contributed by atoms with van der Waals surface area (Å²) in [6, 6.07) is 13.1. The summed E-state index contributed by atoms with van der Waals surface area (Å²) in [7, 11) is 1.46. The van der Waals surface area contributed by atoms with Crippen LogP contribution in [0.15, 0.2) is 42.5 Å². The Morgan fingerprint density at radius 3 is 2.55 bits per heavy atom. The fourth-order valence-electron chi connectivity index (χ4n) is 4.04. The average molecular weight is 470 g/mol. The maximum atomic E-state index is 13.9. The first kappa shape index (κ1) is 23.1. The van der Waals surface area contributed by atoms with E-state index in [0.717, 1.165) is 30.0 Å². The highest BCUT2D eigenvalue weighted by Crippen LogP contribution is 2.20. The summed E-state index contributed by atoms with van der Waals surface area (Å²) in [6.07, 6.45) is 0.358. The van der Waals surface area contributed by atoms with Crippen LogP contribution >= 0.6 is 12.2 Å². The summed E-state index contributed by atoms with van der Waals surface area (Å²) < 4.78 is 21.3. The van der Waals surface area contributed by atoms with Gasteiger partial charge in [0.15, 0.2) is 22.2 Å². The minimum absolute atomic E-state index is 0.100. The number of benzene rings is 2. The van der Waals surface area contributed by atoms with Crippen molar-refractivity contribution in [2.75, 3.05) is 33.3 Å². The SMILES string of the molecule is COc1ccc(CN2CCN(C(=O)CCn3c(-c4ccc(C)cc4)n[nH]c3=S)CC2)cc1F. The van der Waals surface area contributed by atoms with Crippen LogP contribution in [0.5, 0.6) is 5.75 Å². The molecular weight excluding hydrogens is 441 g/mol. The van der Waals surface area contributed by atoms with Gasteiger partial charge < -0.3 is 9.64 Å². The van der Waals surface area contributed by atoms with Crippen LogP contribution < -0.4 is 4.74 Å². The monoisotopic (exact) mass is 469 g/mol. The van der Waals surface area contributed by atoms with Crippen molar-refractivity contribution in [2.45, 2.75) is 26.4 Å². The lowest BCUT2D eigenvalue weighted by Crippen LogP contribution is -2.48. The second-order valence-corrected chi connectivity index (χ2v) is 8.63. The van der Waals surface area contributed by atoms with Crippen LogP contribution in [-0.2, 0) is 17.9 Å². The van der Waals surface area contributed by atoms with Crippen molar-refractivity contribution < 1.29 is 13.9 Å². The van der Waals surface area contributed by atoms with Crippen molar-refractivity contribution in [1.29, 1.82) is 0 Å². The average Bonchev–Trinajstić information content (AvgIpc) is 3.19. The molecule has 174 valence electrons. The summed E-state index contributed by atoms with van der Waals surface area (Å²) in [4.78, 5) is 17.0. The molecule has 0 atom stereocenters. The van der Waals surface area contributed by atoms with E-state index in [-0.39, 0.29) is 17.5 Å². The number of rotatable bonds is 7. The van der Waals surface area contributed by atoms with E-state index < -0.39 is 0 Å². The summed E-state index contributed by atoms with van der Waals surface area (Å²) in [5, 5.41) is 7.20. The van der Waals surface area contributed by atoms with Gasteiger partial charge in [-0.3, -0.25) is 19.4 Å². The molecule has 1 N–H and O–H groups in total. The quantitative estimate of drug-likeness (QED) is 0.533. The number of aryl methyl sites for hydroxylation is 1. The molecule has 4 rings (SSSR count). The van der Waals surface area contributed by atoms with E-state index in [0.29, 0.717) is 37.4 Å². The van der Waals surface area contributed by atoms with Crippen molar-refractivity contribution in [2.24, 2.45) is 0 Å². The highest BCUT2D eigenvalue weighted by Gasteiger charge is 2.22. The van der Waals surface area contributed by atoms with Gasteiger partial charge in [-0.1, -0.05) is 35.9 Å². The van der Waals surface area contributed by atoms with Crippen LogP contribution in [0.3, 0.4) is 0 Å². The second-order valence-electron chi connectivity index (χ2n) is 8.25. The Morgan fingerprint density at radius 1 is 1.15 bits per heavy atom. The molecule has 1 aromatic heterocycles. The molecule has 0 bridgehead atoms. The number of hydrogen-bond acceptors (Lipinski definition) is 5. The van der Waals surface area contributed by atoms with Gasteiger partial charge >= 0.3 is 0 Å². The number of halogens is 1. The number of carbonyl (C=O) groups excluding carboxylic acids is 1. The Bertz CT molecular complexity index is 1170. The van der Waals surface area contributed by atoms with E-state index >= 15 is 0 Å². The van der Waals surface area contributed by atoms with Crippen LogP contribution in [-0.4, -0.2) is 63.8 Å². The number of H-pyrrole nitrogens is 1. The first-order valence-corrected chi connectivity index (χ1v) is 11.4. The number of hydrogen-bond donors (Lipinski definition) is 1. The molecule has 7 nitrogen and oxygen atoms in total. The lowest BCUT2D eigenvalue weighted by Gasteiger charge is -2.35. The maximum absolute atomic E-state index is 13.9. The molecule has 1 saturated heterocycles. The number of piperazine rings is 1. The third-order valence-corrected chi connectivity index (χ3v) is 6.28. The van der Waals surface area contributed by atoms with Gasteiger partial charge in [0, 0.05) is 51.3 Å². The maximum Gasteiger partial charge on any atom is 0.224 e. The Morgan fingerprint density at radius 2 is 1.88 bits per heavy atom. The fraction of sp³-hybridized carbons (Fsp3) is 0.375. The van der Waals surface area contributed by atoms with Crippen molar-refractivity contribution >= 4 is 18.1 Å². The summed E-state index contributed by atoms with van der Waals surface area (Å²) in [5.41, 5.74) is 3.03. The van der Waals surface area contributed by atoms with Gasteiger partial charge in [0.25, 0.3) is 0 Å². The molecular formula is C24H28FN5O2S. The zero-order valence-corrected chi connectivity index (χ0v) is 19.7. The Labute approximate surface area is 197 Å².